The molecule has 0 spiro atoms. The number of rotatable bonds is 5. The number of halogens is 3. The Morgan fingerprint density at radius 2 is 1.77 bits per heavy atom. The van der Waals surface area contributed by atoms with Crippen LogP contribution in [0.5, 0.6) is 11.5 Å². The van der Waals surface area contributed by atoms with Gasteiger partial charge in [0.2, 0.25) is 5.82 Å². The molecule has 3 aromatic rings. The number of hydrogen-bond donors (Lipinski definition) is 1. The molecule has 0 fully saturated rings. The topological polar surface area (TPSA) is 56.3 Å². The van der Waals surface area contributed by atoms with Crippen LogP contribution < -0.4 is 14.8 Å². The van der Waals surface area contributed by atoms with Crippen LogP contribution in [-0.2, 0) is 12.7 Å². The van der Waals surface area contributed by atoms with E-state index in [0.717, 1.165) is 5.56 Å². The second-order valence-corrected chi connectivity index (χ2v) is 5.44. The van der Waals surface area contributed by atoms with E-state index in [2.05, 4.69) is 15.3 Å². The molecule has 1 N–H and O–H groups in total. The highest BCUT2D eigenvalue weighted by Gasteiger charge is 2.35. The van der Waals surface area contributed by atoms with E-state index in [-0.39, 0.29) is 17.9 Å². The molecule has 8 heteroatoms. The minimum Gasteiger partial charge on any atom is -0.497 e. The number of methoxy groups -OCH3 is 2. The summed E-state index contributed by atoms with van der Waals surface area (Å²) in [7, 11) is 3.05. The zero-order chi connectivity index (χ0) is 18.7. The maximum absolute atomic E-state index is 13.1. The lowest BCUT2D eigenvalue weighted by atomic mass is 10.1. The number of aromatic nitrogens is 2. The largest absolute Gasteiger partial charge is 0.497 e. The Morgan fingerprint density at radius 1 is 1.00 bits per heavy atom. The number of nitrogens with zero attached hydrogens (tertiary/aromatic N) is 2. The predicted molar refractivity (Wildman–Crippen MR) is 91.4 cm³/mol. The van der Waals surface area contributed by atoms with Gasteiger partial charge in [0.25, 0.3) is 0 Å². The second-order valence-electron chi connectivity index (χ2n) is 5.44. The number of hydrogen-bond acceptors (Lipinski definition) is 5. The molecule has 0 aliphatic carbocycles. The van der Waals surface area contributed by atoms with E-state index in [1.807, 2.05) is 0 Å². The molecule has 1 heterocycles. The van der Waals surface area contributed by atoms with E-state index in [9.17, 15) is 13.2 Å². The van der Waals surface area contributed by atoms with E-state index < -0.39 is 12.0 Å². The molecule has 1 aromatic heterocycles. The van der Waals surface area contributed by atoms with Crippen LogP contribution in [0.4, 0.5) is 19.0 Å². The van der Waals surface area contributed by atoms with Gasteiger partial charge in [-0.05, 0) is 24.3 Å². The Kier molecular flexibility index (Phi) is 4.83. The molecule has 0 unspecified atom stereocenters. The van der Waals surface area contributed by atoms with Crippen LogP contribution in [0.15, 0.2) is 42.5 Å². The van der Waals surface area contributed by atoms with Gasteiger partial charge in [-0.25, -0.2) is 9.97 Å². The molecule has 136 valence electrons. The highest BCUT2D eigenvalue weighted by atomic mass is 19.4. The van der Waals surface area contributed by atoms with Gasteiger partial charge in [0, 0.05) is 23.6 Å². The molecule has 0 radical (unpaired) electrons. The van der Waals surface area contributed by atoms with Gasteiger partial charge in [0.1, 0.15) is 17.3 Å². The summed E-state index contributed by atoms with van der Waals surface area (Å²) in [6.07, 6.45) is -4.63. The molecule has 0 saturated carbocycles. The second kappa shape index (κ2) is 7.07. The number of fused-ring (bicyclic) bond motifs is 1. The van der Waals surface area contributed by atoms with Crippen molar-refractivity contribution in [2.45, 2.75) is 12.7 Å². The van der Waals surface area contributed by atoms with Crippen molar-refractivity contribution in [1.82, 2.24) is 9.97 Å². The van der Waals surface area contributed by atoms with Crippen LogP contribution in [-0.4, -0.2) is 24.2 Å². The molecular formula is C18H16F3N3O2. The van der Waals surface area contributed by atoms with Gasteiger partial charge in [0.05, 0.1) is 19.7 Å². The zero-order valence-electron chi connectivity index (χ0n) is 14.1. The Morgan fingerprint density at radius 3 is 2.46 bits per heavy atom. The van der Waals surface area contributed by atoms with Gasteiger partial charge < -0.3 is 14.8 Å². The van der Waals surface area contributed by atoms with Gasteiger partial charge >= 0.3 is 6.18 Å². The highest BCUT2D eigenvalue weighted by molar-refractivity contribution is 5.89. The molecule has 3 rings (SSSR count). The Hall–Kier alpha value is -3.03. The summed E-state index contributed by atoms with van der Waals surface area (Å²) in [4.78, 5) is 7.26. The number of para-hydroxylation sites is 1. The van der Waals surface area contributed by atoms with Crippen LogP contribution in [0.1, 0.15) is 11.4 Å². The van der Waals surface area contributed by atoms with Crippen LogP contribution in [0.3, 0.4) is 0 Å². The lowest BCUT2D eigenvalue weighted by Crippen LogP contribution is -2.14. The molecule has 0 aliphatic heterocycles. The smallest absolute Gasteiger partial charge is 0.451 e. The molecule has 0 amide bonds. The van der Waals surface area contributed by atoms with Crippen molar-refractivity contribution in [2.75, 3.05) is 19.5 Å². The standard InChI is InChI=1S/C18H16F3N3O2/c1-25-12-8-7-11(15(9-12)26-2)10-22-16-13-5-3-4-6-14(13)23-17(24-16)18(19,20)21/h3-9H,10H2,1-2H3,(H,22,23,24). The molecule has 5 nitrogen and oxygen atoms in total. The number of alkyl halides is 3. The number of nitrogens with one attached hydrogen (secondary N) is 1. The van der Waals surface area contributed by atoms with Crippen molar-refractivity contribution in [3.63, 3.8) is 0 Å². The normalized spacial score (nSPS) is 11.4. The summed E-state index contributed by atoms with van der Waals surface area (Å²) >= 11 is 0. The van der Waals surface area contributed by atoms with Crippen molar-refractivity contribution in [2.24, 2.45) is 0 Å². The van der Waals surface area contributed by atoms with Crippen LogP contribution in [0.2, 0.25) is 0 Å². The lowest BCUT2D eigenvalue weighted by molar-refractivity contribution is -0.144. The van der Waals surface area contributed by atoms with Crippen molar-refractivity contribution >= 4 is 16.7 Å². The summed E-state index contributed by atoms with van der Waals surface area (Å²) in [5.74, 6) is 0.116. The molecule has 0 atom stereocenters. The quantitative estimate of drug-likeness (QED) is 0.733. The molecular weight excluding hydrogens is 347 g/mol. The fourth-order valence-electron chi connectivity index (χ4n) is 2.51. The average Bonchev–Trinajstić information content (AvgIpc) is 2.65. The van der Waals surface area contributed by atoms with E-state index in [1.165, 1.54) is 13.2 Å². The Labute approximate surface area is 147 Å². The molecule has 0 bridgehead atoms. The molecule has 0 aliphatic rings. The summed E-state index contributed by atoms with van der Waals surface area (Å²) in [6.45, 7) is 0.228. The maximum atomic E-state index is 13.1. The van der Waals surface area contributed by atoms with Crippen LogP contribution in [0.25, 0.3) is 10.9 Å². The third-order valence-corrected chi connectivity index (χ3v) is 3.80. The summed E-state index contributed by atoms with van der Waals surface area (Å²) in [5.41, 5.74) is 0.976. The fourth-order valence-corrected chi connectivity index (χ4v) is 2.51. The van der Waals surface area contributed by atoms with E-state index in [1.54, 1.807) is 43.5 Å². The van der Waals surface area contributed by atoms with Crippen molar-refractivity contribution in [3.05, 3.63) is 53.9 Å². The summed E-state index contributed by atoms with van der Waals surface area (Å²) in [5, 5.41) is 3.46. The first kappa shape index (κ1) is 17.8. The van der Waals surface area contributed by atoms with E-state index in [4.69, 9.17) is 9.47 Å². The van der Waals surface area contributed by atoms with Gasteiger partial charge in [-0.1, -0.05) is 12.1 Å². The summed E-state index contributed by atoms with van der Waals surface area (Å²) < 4.78 is 49.7. The van der Waals surface area contributed by atoms with E-state index >= 15 is 0 Å². The minimum atomic E-state index is -4.63. The van der Waals surface area contributed by atoms with Gasteiger partial charge in [0.15, 0.2) is 0 Å². The summed E-state index contributed by atoms with van der Waals surface area (Å²) in [6, 6.07) is 11.8. The minimum absolute atomic E-state index is 0.112. The van der Waals surface area contributed by atoms with Gasteiger partial charge in [-0.15, -0.1) is 0 Å². The Balaban J connectivity index is 1.96. The van der Waals surface area contributed by atoms with Gasteiger partial charge in [-0.3, -0.25) is 0 Å². The van der Waals surface area contributed by atoms with Crippen molar-refractivity contribution in [1.29, 1.82) is 0 Å². The van der Waals surface area contributed by atoms with Crippen molar-refractivity contribution in [3.8, 4) is 11.5 Å². The molecule has 26 heavy (non-hydrogen) atoms. The third kappa shape index (κ3) is 3.63. The number of anilines is 1. The lowest BCUT2D eigenvalue weighted by Gasteiger charge is -2.14. The Bertz CT molecular complexity index is 929. The van der Waals surface area contributed by atoms with Crippen LogP contribution in [0, 0.1) is 0 Å². The van der Waals surface area contributed by atoms with Crippen molar-refractivity contribution < 1.29 is 22.6 Å². The first-order valence-corrected chi connectivity index (χ1v) is 7.71. The third-order valence-electron chi connectivity index (χ3n) is 3.80. The first-order valence-electron chi connectivity index (χ1n) is 7.71. The monoisotopic (exact) mass is 363 g/mol. The molecule has 2 aromatic carbocycles. The fraction of sp³-hybridized carbons (Fsp3) is 0.222. The van der Waals surface area contributed by atoms with E-state index in [0.29, 0.717) is 16.9 Å². The average molecular weight is 363 g/mol. The molecule has 0 saturated heterocycles. The number of benzene rings is 2. The zero-order valence-corrected chi connectivity index (χ0v) is 14.1. The SMILES string of the molecule is COc1ccc(CNc2nc(C(F)(F)F)nc3ccccc23)c(OC)c1. The van der Waals surface area contributed by atoms with Gasteiger partial charge in [-0.2, -0.15) is 13.2 Å². The predicted octanol–water partition coefficient (Wildman–Crippen LogP) is 4.28. The first-order chi connectivity index (χ1) is 12.4. The van der Waals surface area contributed by atoms with Crippen LogP contribution >= 0.6 is 0 Å². The number of ether oxygens (including phenoxy) is 2. The maximum Gasteiger partial charge on any atom is 0.451 e. The highest BCUT2D eigenvalue weighted by Crippen LogP contribution is 2.31.